The van der Waals surface area contributed by atoms with Crippen LogP contribution in [0.2, 0.25) is 0 Å². The number of nitrogens with zero attached hydrogens (tertiary/aromatic N) is 2. The smallest absolute Gasteiger partial charge is 0.250 e. The lowest BCUT2D eigenvalue weighted by Gasteiger charge is -2.35. The van der Waals surface area contributed by atoms with Crippen molar-refractivity contribution < 1.29 is 24.3 Å². The third kappa shape index (κ3) is 3.79. The number of rotatable bonds is 8. The molecule has 0 aliphatic carbocycles. The zero-order valence-electron chi connectivity index (χ0n) is 14.4. The van der Waals surface area contributed by atoms with E-state index < -0.39 is 35.4 Å². The van der Waals surface area contributed by atoms with Crippen LogP contribution in [0.5, 0.6) is 0 Å². The largest absolute Gasteiger partial charge is 0.394 e. The van der Waals surface area contributed by atoms with E-state index in [-0.39, 0.29) is 24.8 Å². The Morgan fingerprint density at radius 2 is 1.92 bits per heavy atom. The van der Waals surface area contributed by atoms with Crippen LogP contribution in [-0.2, 0) is 19.2 Å². The molecule has 2 heterocycles. The molecule has 2 fully saturated rings. The lowest BCUT2D eigenvalue weighted by molar-refractivity contribution is -0.149. The third-order valence-electron chi connectivity index (χ3n) is 4.95. The fourth-order valence-electron chi connectivity index (χ4n) is 3.61. The van der Waals surface area contributed by atoms with Gasteiger partial charge in [-0.05, 0) is 19.3 Å². The Labute approximate surface area is 155 Å². The molecule has 26 heavy (non-hydrogen) atoms. The average Bonchev–Trinajstić information content (AvgIpc) is 3.14. The summed E-state index contributed by atoms with van der Waals surface area (Å²) in [5, 5.41) is 8.47. The number of carbonyl (C=O) groups is 4. The highest BCUT2D eigenvalue weighted by molar-refractivity contribution is 8.00. The second kappa shape index (κ2) is 8.23. The van der Waals surface area contributed by atoms with Crippen LogP contribution >= 0.6 is 11.8 Å². The minimum atomic E-state index is -1.10. The molecular weight excluding hydrogens is 362 g/mol. The molecule has 0 radical (unpaired) electrons. The standard InChI is InChI=1S/C15H25N5O5S/c16-10(22)2-7-26-12(18)13(24)20-5-1-3-15(20)4-6-19(14(15)25)9(8-21)11(17)23/h9,12,21H,1-8,18H2,(H2,16,22)(H2,17,23)/t9-,12-,15?/m0/s1. The molecule has 0 aromatic heterocycles. The van der Waals surface area contributed by atoms with E-state index in [0.717, 1.165) is 11.8 Å². The van der Waals surface area contributed by atoms with E-state index in [9.17, 15) is 24.3 Å². The molecule has 7 N–H and O–H groups in total. The zero-order chi connectivity index (χ0) is 19.5. The molecule has 10 nitrogen and oxygen atoms in total. The van der Waals surface area contributed by atoms with Gasteiger partial charge >= 0.3 is 0 Å². The average molecular weight is 387 g/mol. The summed E-state index contributed by atoms with van der Waals surface area (Å²) in [5.41, 5.74) is 15.2. The molecule has 11 heteroatoms. The van der Waals surface area contributed by atoms with Gasteiger partial charge in [0.25, 0.3) is 5.91 Å². The first-order valence-corrected chi connectivity index (χ1v) is 9.47. The van der Waals surface area contributed by atoms with E-state index in [2.05, 4.69) is 0 Å². The van der Waals surface area contributed by atoms with Crippen molar-refractivity contribution in [1.82, 2.24) is 9.80 Å². The number of amides is 4. The van der Waals surface area contributed by atoms with Crippen LogP contribution in [0.25, 0.3) is 0 Å². The fraction of sp³-hybridized carbons (Fsp3) is 0.733. The van der Waals surface area contributed by atoms with Crippen molar-refractivity contribution in [2.24, 2.45) is 17.2 Å². The van der Waals surface area contributed by atoms with Crippen molar-refractivity contribution in [3.63, 3.8) is 0 Å². The van der Waals surface area contributed by atoms with Gasteiger partial charge < -0.3 is 32.1 Å². The molecule has 2 aliphatic rings. The summed E-state index contributed by atoms with van der Waals surface area (Å²) < 4.78 is 0. The van der Waals surface area contributed by atoms with Crippen molar-refractivity contribution in [2.45, 2.75) is 42.6 Å². The molecule has 1 unspecified atom stereocenters. The van der Waals surface area contributed by atoms with Crippen LogP contribution in [-0.4, -0.2) is 80.9 Å². The number of hydrogen-bond acceptors (Lipinski definition) is 7. The number of hydrogen-bond donors (Lipinski definition) is 4. The molecule has 146 valence electrons. The van der Waals surface area contributed by atoms with Gasteiger partial charge in [0.2, 0.25) is 17.7 Å². The Kier molecular flexibility index (Phi) is 6.48. The summed E-state index contributed by atoms with van der Waals surface area (Å²) in [6.07, 6.45) is 1.59. The first-order valence-electron chi connectivity index (χ1n) is 8.43. The zero-order valence-corrected chi connectivity index (χ0v) is 15.2. The van der Waals surface area contributed by atoms with Crippen LogP contribution in [0, 0.1) is 0 Å². The van der Waals surface area contributed by atoms with E-state index in [1.165, 1.54) is 9.80 Å². The van der Waals surface area contributed by atoms with E-state index in [1.807, 2.05) is 0 Å². The van der Waals surface area contributed by atoms with Gasteiger partial charge in [0.1, 0.15) is 17.0 Å². The van der Waals surface area contributed by atoms with E-state index in [4.69, 9.17) is 17.2 Å². The summed E-state index contributed by atoms with van der Waals surface area (Å²) in [6.45, 7) is 0.0667. The summed E-state index contributed by atoms with van der Waals surface area (Å²) in [4.78, 5) is 50.8. The summed E-state index contributed by atoms with van der Waals surface area (Å²) in [5.74, 6) is -1.70. The Morgan fingerprint density at radius 1 is 1.23 bits per heavy atom. The minimum Gasteiger partial charge on any atom is -0.394 e. The molecule has 2 saturated heterocycles. The number of carbonyl (C=O) groups excluding carboxylic acids is 4. The molecule has 2 aliphatic heterocycles. The van der Waals surface area contributed by atoms with Crippen molar-refractivity contribution in [2.75, 3.05) is 25.4 Å². The number of aliphatic hydroxyl groups is 1. The second-order valence-electron chi connectivity index (χ2n) is 6.48. The van der Waals surface area contributed by atoms with Crippen LogP contribution < -0.4 is 17.2 Å². The predicted octanol–water partition coefficient (Wildman–Crippen LogP) is -2.68. The summed E-state index contributed by atoms with van der Waals surface area (Å²) >= 11 is 1.11. The molecule has 3 atom stereocenters. The highest BCUT2D eigenvalue weighted by atomic mass is 32.2. The number of thioether (sulfide) groups is 1. The van der Waals surface area contributed by atoms with E-state index >= 15 is 0 Å². The second-order valence-corrected chi connectivity index (χ2v) is 7.73. The molecule has 0 aromatic carbocycles. The van der Waals surface area contributed by atoms with Crippen molar-refractivity contribution >= 4 is 35.4 Å². The Balaban J connectivity index is 2.11. The van der Waals surface area contributed by atoms with Gasteiger partial charge in [-0.1, -0.05) is 0 Å². The van der Waals surface area contributed by atoms with Crippen LogP contribution in [0.1, 0.15) is 25.7 Å². The number of likely N-dealkylation sites (tertiary alicyclic amines) is 2. The summed E-state index contributed by atoms with van der Waals surface area (Å²) in [6, 6.07) is -1.10. The number of primary amides is 2. The molecule has 0 saturated carbocycles. The lowest BCUT2D eigenvalue weighted by Crippen LogP contribution is -2.58. The summed E-state index contributed by atoms with van der Waals surface area (Å²) in [7, 11) is 0. The molecule has 4 amide bonds. The molecular formula is C15H25N5O5S. The van der Waals surface area contributed by atoms with Crippen molar-refractivity contribution in [3.8, 4) is 0 Å². The Morgan fingerprint density at radius 3 is 2.50 bits per heavy atom. The van der Waals surface area contributed by atoms with E-state index in [0.29, 0.717) is 31.6 Å². The maximum absolute atomic E-state index is 13.0. The highest BCUT2D eigenvalue weighted by Crippen LogP contribution is 2.40. The predicted molar refractivity (Wildman–Crippen MR) is 94.3 cm³/mol. The first kappa shape index (κ1) is 20.5. The molecule has 0 aromatic rings. The quantitative estimate of drug-likeness (QED) is 0.328. The van der Waals surface area contributed by atoms with Crippen molar-refractivity contribution in [1.29, 1.82) is 0 Å². The molecule has 2 rings (SSSR count). The maximum atomic E-state index is 13.0. The number of aliphatic hydroxyl groups excluding tert-OH is 1. The fourth-order valence-corrected chi connectivity index (χ4v) is 4.46. The molecule has 0 bridgehead atoms. The van der Waals surface area contributed by atoms with Crippen LogP contribution in [0.15, 0.2) is 0 Å². The topological polar surface area (TPSA) is 173 Å². The van der Waals surface area contributed by atoms with Gasteiger partial charge in [-0.15, -0.1) is 11.8 Å². The number of nitrogens with two attached hydrogens (primary N) is 3. The lowest BCUT2D eigenvalue weighted by atomic mass is 9.94. The van der Waals surface area contributed by atoms with Gasteiger partial charge in [-0.3, -0.25) is 19.2 Å². The van der Waals surface area contributed by atoms with Crippen LogP contribution in [0.3, 0.4) is 0 Å². The van der Waals surface area contributed by atoms with Gasteiger partial charge in [0.15, 0.2) is 0 Å². The first-order chi connectivity index (χ1) is 12.2. The highest BCUT2D eigenvalue weighted by Gasteiger charge is 2.57. The van der Waals surface area contributed by atoms with Gasteiger partial charge in [-0.2, -0.15) is 0 Å². The normalized spacial score (nSPS) is 24.9. The monoisotopic (exact) mass is 387 g/mol. The Hall–Kier alpha value is -1.85. The maximum Gasteiger partial charge on any atom is 0.250 e. The van der Waals surface area contributed by atoms with E-state index in [1.54, 1.807) is 0 Å². The van der Waals surface area contributed by atoms with Gasteiger partial charge in [0, 0.05) is 25.3 Å². The Bertz CT molecular complexity index is 603. The van der Waals surface area contributed by atoms with Gasteiger partial charge in [-0.25, -0.2) is 0 Å². The molecule has 1 spiro atoms. The van der Waals surface area contributed by atoms with Crippen LogP contribution in [0.4, 0.5) is 0 Å². The minimum absolute atomic E-state index is 0.111. The third-order valence-corrected chi connectivity index (χ3v) is 5.95. The SMILES string of the molecule is NC(=O)CCS[C@H](N)C(=O)N1CCCC12CCN([C@@H](CO)C(N)=O)C2=O. The van der Waals surface area contributed by atoms with Gasteiger partial charge in [0.05, 0.1) is 6.61 Å². The van der Waals surface area contributed by atoms with Crippen molar-refractivity contribution in [3.05, 3.63) is 0 Å².